The molecule has 4 rings (SSSR count). The van der Waals surface area contributed by atoms with Crippen molar-refractivity contribution >= 4 is 11.8 Å². The molecule has 1 saturated heterocycles. The third kappa shape index (κ3) is 6.29. The van der Waals surface area contributed by atoms with Gasteiger partial charge >= 0.3 is 0 Å². The highest BCUT2D eigenvalue weighted by molar-refractivity contribution is 5.92. The third-order valence-corrected chi connectivity index (χ3v) is 6.81. The second kappa shape index (κ2) is 11.9. The molecule has 9 nitrogen and oxygen atoms in total. The van der Waals surface area contributed by atoms with Crippen molar-refractivity contribution in [2.24, 2.45) is 0 Å². The van der Waals surface area contributed by atoms with Gasteiger partial charge in [-0.3, -0.25) is 14.5 Å². The van der Waals surface area contributed by atoms with Crippen LogP contribution in [0.4, 0.5) is 0 Å². The molecule has 9 heteroatoms. The van der Waals surface area contributed by atoms with Crippen LogP contribution in [0.15, 0.2) is 59.2 Å². The van der Waals surface area contributed by atoms with E-state index < -0.39 is 0 Å². The molecule has 1 atom stereocenters. The maximum Gasteiger partial charge on any atom is 0.275 e. The summed E-state index contributed by atoms with van der Waals surface area (Å²) < 4.78 is 16.8. The molecule has 2 heterocycles. The summed E-state index contributed by atoms with van der Waals surface area (Å²) in [6, 6.07) is 16.0. The smallest absolute Gasteiger partial charge is 0.275 e. The van der Waals surface area contributed by atoms with Crippen LogP contribution >= 0.6 is 0 Å². The minimum Gasteiger partial charge on any atom is -0.497 e. The number of carbonyl (C=O) groups is 2. The lowest BCUT2D eigenvalue weighted by molar-refractivity contribution is -0.130. The molecule has 0 N–H and O–H groups in total. The highest BCUT2D eigenvalue weighted by atomic mass is 16.5. The Labute approximate surface area is 217 Å². The number of benzene rings is 2. The molecule has 1 aliphatic rings. The van der Waals surface area contributed by atoms with Crippen LogP contribution < -0.4 is 9.47 Å². The van der Waals surface area contributed by atoms with Gasteiger partial charge in [-0.15, -0.1) is 0 Å². The number of aromatic nitrogens is 1. The zero-order chi connectivity index (χ0) is 26.4. The first-order chi connectivity index (χ1) is 17.9. The standard InChI is InChI=1S/C28H34N4O5/c1-20(22-8-6-5-7-9-22)32(17-23-16-24(35-3)10-11-26(23)36-4)18-27-29-25(19-37-27)28(34)31-14-12-30(13-15-31)21(2)33/h5-11,16,19-20H,12-15,17-18H2,1-4H3/t20-/m1/s1. The fourth-order valence-electron chi connectivity index (χ4n) is 4.54. The molecule has 1 fully saturated rings. The molecule has 0 aliphatic carbocycles. The number of oxazole rings is 1. The largest absolute Gasteiger partial charge is 0.497 e. The number of methoxy groups -OCH3 is 2. The summed E-state index contributed by atoms with van der Waals surface area (Å²) in [5.41, 5.74) is 2.39. The Hall–Kier alpha value is -3.85. The van der Waals surface area contributed by atoms with Gasteiger partial charge in [-0.05, 0) is 30.7 Å². The first-order valence-electron chi connectivity index (χ1n) is 12.4. The Morgan fingerprint density at radius 2 is 1.70 bits per heavy atom. The van der Waals surface area contributed by atoms with E-state index in [-0.39, 0.29) is 23.6 Å². The average Bonchev–Trinajstić information content (AvgIpc) is 3.40. The lowest BCUT2D eigenvalue weighted by Crippen LogP contribution is -2.50. The molecular formula is C28H34N4O5. The summed E-state index contributed by atoms with van der Waals surface area (Å²) >= 11 is 0. The van der Waals surface area contributed by atoms with Gasteiger partial charge in [0.1, 0.15) is 17.8 Å². The van der Waals surface area contributed by atoms with Gasteiger partial charge in [0.15, 0.2) is 5.69 Å². The summed E-state index contributed by atoms with van der Waals surface area (Å²) in [6.45, 7) is 6.63. The average molecular weight is 507 g/mol. The Bertz CT molecular complexity index is 1200. The van der Waals surface area contributed by atoms with Gasteiger partial charge in [0.05, 0.1) is 20.8 Å². The second-order valence-electron chi connectivity index (χ2n) is 9.09. The van der Waals surface area contributed by atoms with Crippen molar-refractivity contribution in [1.82, 2.24) is 19.7 Å². The molecular weight excluding hydrogens is 472 g/mol. The fraction of sp³-hybridized carbons (Fsp3) is 0.393. The topological polar surface area (TPSA) is 88.4 Å². The van der Waals surface area contributed by atoms with E-state index in [1.54, 1.807) is 30.9 Å². The van der Waals surface area contributed by atoms with E-state index in [2.05, 4.69) is 28.9 Å². The van der Waals surface area contributed by atoms with Crippen molar-refractivity contribution in [3.63, 3.8) is 0 Å². The van der Waals surface area contributed by atoms with Gasteiger partial charge in [0.2, 0.25) is 11.8 Å². The van der Waals surface area contributed by atoms with Crippen LogP contribution in [0.1, 0.15) is 47.4 Å². The lowest BCUT2D eigenvalue weighted by atomic mass is 10.1. The number of carbonyl (C=O) groups excluding carboxylic acids is 2. The third-order valence-electron chi connectivity index (χ3n) is 6.81. The zero-order valence-electron chi connectivity index (χ0n) is 21.8. The van der Waals surface area contributed by atoms with E-state index in [0.29, 0.717) is 45.2 Å². The second-order valence-corrected chi connectivity index (χ2v) is 9.09. The predicted octanol–water partition coefficient (Wildman–Crippen LogP) is 3.76. The normalized spacial score (nSPS) is 14.5. The Morgan fingerprint density at radius 1 is 1.00 bits per heavy atom. The minimum absolute atomic E-state index is 0.0242. The molecule has 2 amide bonds. The van der Waals surface area contributed by atoms with Crippen LogP contribution in [0.3, 0.4) is 0 Å². The molecule has 37 heavy (non-hydrogen) atoms. The van der Waals surface area contributed by atoms with Gasteiger partial charge in [0.25, 0.3) is 5.91 Å². The number of piperazine rings is 1. The van der Waals surface area contributed by atoms with Crippen LogP contribution in [0.5, 0.6) is 11.5 Å². The Kier molecular flexibility index (Phi) is 8.45. The fourth-order valence-corrected chi connectivity index (χ4v) is 4.54. The van der Waals surface area contributed by atoms with Crippen LogP contribution in [0.2, 0.25) is 0 Å². The highest BCUT2D eigenvalue weighted by Gasteiger charge is 2.26. The monoisotopic (exact) mass is 506 g/mol. The van der Waals surface area contributed by atoms with Crippen LogP contribution in [-0.2, 0) is 17.9 Å². The first-order valence-corrected chi connectivity index (χ1v) is 12.4. The summed E-state index contributed by atoms with van der Waals surface area (Å²) in [4.78, 5) is 34.8. The molecule has 2 aromatic carbocycles. The van der Waals surface area contributed by atoms with Gasteiger partial charge in [0, 0.05) is 51.3 Å². The first kappa shape index (κ1) is 26.2. The summed E-state index contributed by atoms with van der Waals surface area (Å²) in [5.74, 6) is 1.80. The number of rotatable bonds is 9. The van der Waals surface area contributed by atoms with Crippen LogP contribution in [-0.4, -0.2) is 71.9 Å². The van der Waals surface area contributed by atoms with Gasteiger partial charge in [-0.25, -0.2) is 4.98 Å². The molecule has 0 spiro atoms. The molecule has 196 valence electrons. The summed E-state index contributed by atoms with van der Waals surface area (Å²) in [5, 5.41) is 0. The van der Waals surface area contributed by atoms with E-state index >= 15 is 0 Å². The van der Waals surface area contributed by atoms with Gasteiger partial charge in [-0.2, -0.15) is 0 Å². The summed E-state index contributed by atoms with van der Waals surface area (Å²) in [6.07, 6.45) is 1.42. The Morgan fingerprint density at radius 3 is 2.35 bits per heavy atom. The van der Waals surface area contributed by atoms with E-state index in [9.17, 15) is 9.59 Å². The molecule has 3 aromatic rings. The summed E-state index contributed by atoms with van der Waals surface area (Å²) in [7, 11) is 3.29. The lowest BCUT2D eigenvalue weighted by Gasteiger charge is -2.33. The number of ether oxygens (including phenoxy) is 2. The Balaban J connectivity index is 1.53. The van der Waals surface area contributed by atoms with E-state index in [1.165, 1.54) is 6.26 Å². The molecule has 1 aromatic heterocycles. The van der Waals surface area contributed by atoms with Crippen molar-refractivity contribution in [1.29, 1.82) is 0 Å². The number of amides is 2. The number of hydrogen-bond acceptors (Lipinski definition) is 7. The molecule has 1 aliphatic heterocycles. The van der Waals surface area contributed by atoms with Crippen molar-refractivity contribution in [2.45, 2.75) is 33.0 Å². The van der Waals surface area contributed by atoms with E-state index in [1.807, 2.05) is 36.4 Å². The van der Waals surface area contributed by atoms with Gasteiger partial charge in [-0.1, -0.05) is 30.3 Å². The molecule has 0 unspecified atom stereocenters. The van der Waals surface area contributed by atoms with Crippen molar-refractivity contribution < 1.29 is 23.5 Å². The van der Waals surface area contributed by atoms with E-state index in [0.717, 1.165) is 22.6 Å². The van der Waals surface area contributed by atoms with Crippen molar-refractivity contribution in [2.75, 3.05) is 40.4 Å². The van der Waals surface area contributed by atoms with E-state index in [4.69, 9.17) is 13.9 Å². The number of hydrogen-bond donors (Lipinski definition) is 0. The van der Waals surface area contributed by atoms with Crippen molar-refractivity contribution in [3.8, 4) is 11.5 Å². The maximum absolute atomic E-state index is 13.0. The minimum atomic E-state index is -0.185. The predicted molar refractivity (Wildman–Crippen MR) is 138 cm³/mol. The number of nitrogens with zero attached hydrogens (tertiary/aromatic N) is 4. The molecule has 0 bridgehead atoms. The SMILES string of the molecule is COc1ccc(OC)c(CN(Cc2nc(C(=O)N3CCN(C(C)=O)CC3)co2)[C@H](C)c2ccccc2)c1. The highest BCUT2D eigenvalue weighted by Crippen LogP contribution is 2.30. The van der Waals surface area contributed by atoms with Crippen molar-refractivity contribution in [3.05, 3.63) is 77.5 Å². The quantitative estimate of drug-likeness (QED) is 0.437. The van der Waals surface area contributed by atoms with Crippen LogP contribution in [0, 0.1) is 0 Å². The van der Waals surface area contributed by atoms with Gasteiger partial charge < -0.3 is 23.7 Å². The zero-order valence-corrected chi connectivity index (χ0v) is 21.8. The molecule has 0 saturated carbocycles. The maximum atomic E-state index is 13.0. The molecule has 0 radical (unpaired) electrons. The van der Waals surface area contributed by atoms with Crippen LogP contribution in [0.25, 0.3) is 0 Å².